The van der Waals surface area contributed by atoms with E-state index in [2.05, 4.69) is 22.9 Å². The first-order valence-corrected chi connectivity index (χ1v) is 6.95. The van der Waals surface area contributed by atoms with Gasteiger partial charge in [-0.2, -0.15) is 0 Å². The number of aryl methyl sites for hydroxylation is 1. The second-order valence-electron chi connectivity index (χ2n) is 4.61. The Kier molecular flexibility index (Phi) is 4.63. The monoisotopic (exact) mass is 275 g/mol. The Labute approximate surface area is 118 Å². The molecule has 1 aromatic heterocycles. The average molecular weight is 275 g/mol. The van der Waals surface area contributed by atoms with Gasteiger partial charge in [0, 0.05) is 31.5 Å². The molecular formula is C15H21N3O2. The van der Waals surface area contributed by atoms with Gasteiger partial charge < -0.3 is 19.9 Å². The summed E-state index contributed by atoms with van der Waals surface area (Å²) in [5.41, 5.74) is 1.88. The third-order valence-corrected chi connectivity index (χ3v) is 3.40. The highest BCUT2D eigenvalue weighted by atomic mass is 16.3. The molecule has 2 amide bonds. The first-order valence-electron chi connectivity index (χ1n) is 6.95. The second kappa shape index (κ2) is 6.43. The van der Waals surface area contributed by atoms with Crippen molar-refractivity contribution in [1.29, 1.82) is 0 Å². The van der Waals surface area contributed by atoms with Crippen LogP contribution in [0.2, 0.25) is 0 Å². The third-order valence-electron chi connectivity index (χ3n) is 3.40. The molecule has 0 fully saturated rings. The lowest BCUT2D eigenvalue weighted by Crippen LogP contribution is -2.36. The maximum atomic E-state index is 12.1. The molecule has 0 saturated carbocycles. The molecule has 0 spiro atoms. The lowest BCUT2D eigenvalue weighted by molar-refractivity contribution is 0.192. The number of aliphatic hydroxyl groups excluding tert-OH is 1. The number of benzene rings is 1. The Morgan fingerprint density at radius 1 is 1.35 bits per heavy atom. The van der Waals surface area contributed by atoms with E-state index in [1.54, 1.807) is 4.90 Å². The largest absolute Gasteiger partial charge is 0.395 e. The van der Waals surface area contributed by atoms with Crippen molar-refractivity contribution >= 4 is 22.6 Å². The Hall–Kier alpha value is -2.01. The van der Waals surface area contributed by atoms with Crippen molar-refractivity contribution in [3.63, 3.8) is 0 Å². The molecule has 0 unspecified atom stereocenters. The van der Waals surface area contributed by atoms with Crippen molar-refractivity contribution in [2.24, 2.45) is 0 Å². The quantitative estimate of drug-likeness (QED) is 0.881. The first-order chi connectivity index (χ1) is 9.69. The number of carbonyl (C=O) groups is 1. The lowest BCUT2D eigenvalue weighted by Gasteiger charge is -2.20. The minimum Gasteiger partial charge on any atom is -0.395 e. The van der Waals surface area contributed by atoms with E-state index in [0.717, 1.165) is 23.1 Å². The van der Waals surface area contributed by atoms with Crippen molar-refractivity contribution in [1.82, 2.24) is 9.47 Å². The van der Waals surface area contributed by atoms with Gasteiger partial charge >= 0.3 is 6.03 Å². The number of nitrogens with one attached hydrogen (secondary N) is 1. The predicted octanol–water partition coefficient (Wildman–Crippen LogP) is 2.51. The topological polar surface area (TPSA) is 57.5 Å². The minimum atomic E-state index is -0.185. The van der Waals surface area contributed by atoms with Crippen LogP contribution in [0.1, 0.15) is 13.8 Å². The van der Waals surface area contributed by atoms with E-state index in [4.69, 9.17) is 5.11 Å². The van der Waals surface area contributed by atoms with Crippen molar-refractivity contribution < 1.29 is 9.90 Å². The summed E-state index contributed by atoms with van der Waals surface area (Å²) in [5.74, 6) is 0. The average Bonchev–Trinajstić information content (AvgIpc) is 2.86. The van der Waals surface area contributed by atoms with Crippen LogP contribution in [0.5, 0.6) is 0 Å². The number of amides is 2. The number of urea groups is 1. The van der Waals surface area contributed by atoms with Gasteiger partial charge in [0.05, 0.1) is 12.1 Å². The number of hydrogen-bond acceptors (Lipinski definition) is 2. The Balaban J connectivity index is 2.18. The van der Waals surface area contributed by atoms with Crippen molar-refractivity contribution in [2.45, 2.75) is 20.4 Å². The molecule has 5 heteroatoms. The normalized spacial score (nSPS) is 10.8. The first kappa shape index (κ1) is 14.4. The maximum Gasteiger partial charge on any atom is 0.321 e. The van der Waals surface area contributed by atoms with E-state index in [-0.39, 0.29) is 12.6 Å². The number of fused-ring (bicyclic) bond motifs is 1. The number of aromatic nitrogens is 1. The number of anilines is 1. The zero-order chi connectivity index (χ0) is 14.5. The lowest BCUT2D eigenvalue weighted by atomic mass is 10.2. The van der Waals surface area contributed by atoms with E-state index in [9.17, 15) is 4.79 Å². The Morgan fingerprint density at radius 3 is 2.80 bits per heavy atom. The highest BCUT2D eigenvalue weighted by Gasteiger charge is 2.11. The summed E-state index contributed by atoms with van der Waals surface area (Å²) in [4.78, 5) is 13.6. The summed E-state index contributed by atoms with van der Waals surface area (Å²) in [7, 11) is 0. The van der Waals surface area contributed by atoms with Gasteiger partial charge in [-0.25, -0.2) is 4.79 Å². The van der Waals surface area contributed by atoms with Gasteiger partial charge in [0.15, 0.2) is 0 Å². The molecule has 0 aliphatic rings. The predicted molar refractivity (Wildman–Crippen MR) is 81.0 cm³/mol. The molecule has 1 heterocycles. The van der Waals surface area contributed by atoms with Crippen molar-refractivity contribution in [2.75, 3.05) is 25.0 Å². The van der Waals surface area contributed by atoms with E-state index in [1.807, 2.05) is 31.3 Å². The van der Waals surface area contributed by atoms with Crippen LogP contribution in [0.25, 0.3) is 10.9 Å². The van der Waals surface area contributed by atoms with E-state index in [1.165, 1.54) is 0 Å². The number of rotatable bonds is 5. The summed E-state index contributed by atoms with van der Waals surface area (Å²) < 4.78 is 2.14. The summed E-state index contributed by atoms with van der Waals surface area (Å²) >= 11 is 0. The molecule has 20 heavy (non-hydrogen) atoms. The summed E-state index contributed by atoms with van der Waals surface area (Å²) in [6, 6.07) is 7.75. The SMILES string of the molecule is CCN(CCO)C(=O)Nc1ccc2ccn(CC)c2c1. The van der Waals surface area contributed by atoms with Crippen LogP contribution < -0.4 is 5.32 Å². The van der Waals surface area contributed by atoms with Crippen LogP contribution in [-0.4, -0.2) is 40.3 Å². The molecule has 5 nitrogen and oxygen atoms in total. The Morgan fingerprint density at radius 2 is 2.15 bits per heavy atom. The number of carbonyl (C=O) groups excluding carboxylic acids is 1. The molecule has 2 N–H and O–H groups in total. The van der Waals surface area contributed by atoms with Crippen LogP contribution in [-0.2, 0) is 6.54 Å². The number of nitrogens with zero attached hydrogens (tertiary/aromatic N) is 2. The molecule has 0 aliphatic carbocycles. The third kappa shape index (κ3) is 2.93. The zero-order valence-electron chi connectivity index (χ0n) is 12.0. The van der Waals surface area contributed by atoms with Crippen molar-refractivity contribution in [3.05, 3.63) is 30.5 Å². The molecule has 2 aromatic rings. The fraction of sp³-hybridized carbons (Fsp3) is 0.400. The molecule has 0 atom stereocenters. The van der Waals surface area contributed by atoms with Gasteiger partial charge in [-0.1, -0.05) is 6.07 Å². The van der Waals surface area contributed by atoms with Gasteiger partial charge in [-0.3, -0.25) is 0 Å². The van der Waals surface area contributed by atoms with E-state index < -0.39 is 0 Å². The summed E-state index contributed by atoms with van der Waals surface area (Å²) in [6.07, 6.45) is 2.04. The van der Waals surface area contributed by atoms with Crippen LogP contribution in [0.4, 0.5) is 10.5 Å². The smallest absolute Gasteiger partial charge is 0.321 e. The number of hydrogen-bond donors (Lipinski definition) is 2. The van der Waals surface area contributed by atoms with Crippen LogP contribution >= 0.6 is 0 Å². The van der Waals surface area contributed by atoms with Gasteiger partial charge in [0.2, 0.25) is 0 Å². The fourth-order valence-electron chi connectivity index (χ4n) is 2.26. The standard InChI is InChI=1S/C15H21N3O2/c1-3-17-8-7-12-5-6-13(11-14(12)17)16-15(20)18(4-2)9-10-19/h5-8,11,19H,3-4,9-10H2,1-2H3,(H,16,20). The zero-order valence-corrected chi connectivity index (χ0v) is 12.0. The molecule has 0 saturated heterocycles. The van der Waals surface area contributed by atoms with Crippen molar-refractivity contribution in [3.8, 4) is 0 Å². The van der Waals surface area contributed by atoms with Gasteiger partial charge in [-0.15, -0.1) is 0 Å². The van der Waals surface area contributed by atoms with Crippen LogP contribution in [0.15, 0.2) is 30.5 Å². The minimum absolute atomic E-state index is 0.0288. The molecule has 2 rings (SSSR count). The van der Waals surface area contributed by atoms with Crippen LogP contribution in [0, 0.1) is 0 Å². The summed E-state index contributed by atoms with van der Waals surface area (Å²) in [6.45, 7) is 5.76. The number of aliphatic hydroxyl groups is 1. The van der Waals surface area contributed by atoms with Crippen LogP contribution in [0.3, 0.4) is 0 Å². The molecular weight excluding hydrogens is 254 g/mol. The van der Waals surface area contributed by atoms with Gasteiger partial charge in [-0.05, 0) is 37.4 Å². The van der Waals surface area contributed by atoms with E-state index >= 15 is 0 Å². The Bertz CT molecular complexity index is 592. The highest BCUT2D eigenvalue weighted by molar-refractivity contribution is 5.92. The van der Waals surface area contributed by atoms with Gasteiger partial charge in [0.25, 0.3) is 0 Å². The molecule has 1 aromatic carbocycles. The number of likely N-dealkylation sites (N-methyl/N-ethyl adjacent to an activating group) is 1. The maximum absolute atomic E-state index is 12.1. The van der Waals surface area contributed by atoms with E-state index in [0.29, 0.717) is 13.1 Å². The second-order valence-corrected chi connectivity index (χ2v) is 4.61. The molecule has 0 aliphatic heterocycles. The summed E-state index contributed by atoms with van der Waals surface area (Å²) in [5, 5.41) is 13.0. The molecule has 0 bridgehead atoms. The molecule has 0 radical (unpaired) electrons. The highest BCUT2D eigenvalue weighted by Crippen LogP contribution is 2.20. The fourth-order valence-corrected chi connectivity index (χ4v) is 2.26. The molecule has 108 valence electrons. The van der Waals surface area contributed by atoms with Gasteiger partial charge in [0.1, 0.15) is 0 Å².